The SMILES string of the molecule is CC1CC(N=C2NC3(CCCCC3)CS2)C1. The molecule has 2 aliphatic carbocycles. The third-order valence-corrected chi connectivity index (χ3v) is 5.49. The molecule has 16 heavy (non-hydrogen) atoms. The van der Waals surface area contributed by atoms with E-state index < -0.39 is 0 Å². The van der Waals surface area contributed by atoms with Crippen molar-refractivity contribution >= 4 is 16.9 Å². The molecule has 3 fully saturated rings. The molecule has 2 saturated carbocycles. The smallest absolute Gasteiger partial charge is 0.157 e. The van der Waals surface area contributed by atoms with Crippen molar-refractivity contribution in [3.05, 3.63) is 0 Å². The highest BCUT2D eigenvalue weighted by Crippen LogP contribution is 2.37. The van der Waals surface area contributed by atoms with Gasteiger partial charge in [0.15, 0.2) is 5.17 Å². The van der Waals surface area contributed by atoms with Crippen LogP contribution in [0.3, 0.4) is 0 Å². The van der Waals surface area contributed by atoms with E-state index in [4.69, 9.17) is 4.99 Å². The summed E-state index contributed by atoms with van der Waals surface area (Å²) in [4.78, 5) is 4.85. The van der Waals surface area contributed by atoms with Gasteiger partial charge in [0.2, 0.25) is 0 Å². The Morgan fingerprint density at radius 3 is 2.69 bits per heavy atom. The van der Waals surface area contributed by atoms with Gasteiger partial charge in [0.25, 0.3) is 0 Å². The Morgan fingerprint density at radius 2 is 2.00 bits per heavy atom. The minimum absolute atomic E-state index is 0.428. The van der Waals surface area contributed by atoms with Crippen molar-refractivity contribution in [3.8, 4) is 0 Å². The maximum atomic E-state index is 4.85. The zero-order valence-corrected chi connectivity index (χ0v) is 11.0. The third-order valence-electron chi connectivity index (χ3n) is 4.32. The van der Waals surface area contributed by atoms with Gasteiger partial charge in [-0.3, -0.25) is 4.99 Å². The number of hydrogen-bond acceptors (Lipinski definition) is 2. The van der Waals surface area contributed by atoms with Crippen molar-refractivity contribution in [3.63, 3.8) is 0 Å². The number of aliphatic imine (C=N–C) groups is 1. The Bertz CT molecular complexity index is 288. The van der Waals surface area contributed by atoms with Crippen LogP contribution in [0, 0.1) is 5.92 Å². The average Bonchev–Trinajstić information content (AvgIpc) is 2.61. The van der Waals surface area contributed by atoms with E-state index in [1.165, 1.54) is 55.9 Å². The Hall–Kier alpha value is -0.180. The van der Waals surface area contributed by atoms with E-state index >= 15 is 0 Å². The van der Waals surface area contributed by atoms with Gasteiger partial charge in [-0.05, 0) is 31.6 Å². The van der Waals surface area contributed by atoms with Crippen molar-refractivity contribution in [2.45, 2.75) is 63.5 Å². The largest absolute Gasteiger partial charge is 0.359 e. The van der Waals surface area contributed by atoms with Crippen molar-refractivity contribution in [2.24, 2.45) is 10.9 Å². The van der Waals surface area contributed by atoms with Crippen LogP contribution in [0.15, 0.2) is 4.99 Å². The molecule has 1 spiro atoms. The summed E-state index contributed by atoms with van der Waals surface area (Å²) >= 11 is 1.97. The van der Waals surface area contributed by atoms with Crippen LogP contribution in [0.4, 0.5) is 0 Å². The van der Waals surface area contributed by atoms with Crippen LogP contribution in [0.5, 0.6) is 0 Å². The molecule has 0 radical (unpaired) electrons. The molecule has 0 aromatic heterocycles. The lowest BCUT2D eigenvalue weighted by molar-refractivity contribution is 0.286. The molecule has 3 rings (SSSR count). The normalized spacial score (nSPS) is 39.7. The topological polar surface area (TPSA) is 24.4 Å². The lowest BCUT2D eigenvalue weighted by atomic mass is 9.82. The van der Waals surface area contributed by atoms with Crippen molar-refractivity contribution < 1.29 is 0 Å². The fourth-order valence-corrected chi connectivity index (χ4v) is 4.49. The van der Waals surface area contributed by atoms with E-state index in [2.05, 4.69) is 12.2 Å². The highest BCUT2D eigenvalue weighted by Gasteiger charge is 2.38. The van der Waals surface area contributed by atoms with Gasteiger partial charge >= 0.3 is 0 Å². The summed E-state index contributed by atoms with van der Waals surface area (Å²) in [5, 5.41) is 4.98. The van der Waals surface area contributed by atoms with Crippen LogP contribution < -0.4 is 5.32 Å². The molecule has 0 aromatic rings. The summed E-state index contributed by atoms with van der Waals surface area (Å²) in [6.07, 6.45) is 9.57. The Labute approximate surface area is 103 Å². The van der Waals surface area contributed by atoms with Gasteiger partial charge < -0.3 is 5.32 Å². The molecular weight excluding hydrogens is 216 g/mol. The fraction of sp³-hybridized carbons (Fsp3) is 0.923. The molecule has 3 aliphatic rings. The second kappa shape index (κ2) is 4.25. The van der Waals surface area contributed by atoms with Gasteiger partial charge in [0, 0.05) is 11.3 Å². The van der Waals surface area contributed by atoms with Gasteiger partial charge in [-0.25, -0.2) is 0 Å². The van der Waals surface area contributed by atoms with Gasteiger partial charge in [0.05, 0.1) is 6.04 Å². The van der Waals surface area contributed by atoms with Gasteiger partial charge in [-0.2, -0.15) is 0 Å². The summed E-state index contributed by atoms with van der Waals surface area (Å²) in [6.45, 7) is 2.33. The van der Waals surface area contributed by atoms with Crippen molar-refractivity contribution in [2.75, 3.05) is 5.75 Å². The molecule has 1 aliphatic heterocycles. The minimum Gasteiger partial charge on any atom is -0.359 e. The van der Waals surface area contributed by atoms with Crippen LogP contribution in [-0.4, -0.2) is 22.5 Å². The molecule has 1 N–H and O–H groups in total. The Balaban J connectivity index is 1.59. The summed E-state index contributed by atoms with van der Waals surface area (Å²) < 4.78 is 0. The first-order valence-corrected chi connectivity index (χ1v) is 7.73. The summed E-state index contributed by atoms with van der Waals surface area (Å²) in [6, 6.07) is 0.628. The van der Waals surface area contributed by atoms with Gasteiger partial charge in [0.1, 0.15) is 0 Å². The second-order valence-electron chi connectivity index (χ2n) is 5.92. The van der Waals surface area contributed by atoms with E-state index in [0.717, 1.165) is 5.92 Å². The molecule has 90 valence electrons. The number of rotatable bonds is 1. The summed E-state index contributed by atoms with van der Waals surface area (Å²) in [5.41, 5.74) is 0.428. The lowest BCUT2D eigenvalue weighted by Gasteiger charge is -2.33. The summed E-state index contributed by atoms with van der Waals surface area (Å²) in [7, 11) is 0. The quantitative estimate of drug-likeness (QED) is 0.759. The molecular formula is C13H22N2S. The van der Waals surface area contributed by atoms with Crippen LogP contribution >= 0.6 is 11.8 Å². The first-order chi connectivity index (χ1) is 7.76. The second-order valence-corrected chi connectivity index (χ2v) is 6.88. The molecule has 1 heterocycles. The number of thioether (sulfide) groups is 1. The number of amidine groups is 1. The van der Waals surface area contributed by atoms with Crippen molar-refractivity contribution in [1.82, 2.24) is 5.32 Å². The number of nitrogens with zero attached hydrogens (tertiary/aromatic N) is 1. The van der Waals surface area contributed by atoms with E-state index in [9.17, 15) is 0 Å². The van der Waals surface area contributed by atoms with Crippen molar-refractivity contribution in [1.29, 1.82) is 0 Å². The van der Waals surface area contributed by atoms with Gasteiger partial charge in [-0.1, -0.05) is 37.9 Å². The lowest BCUT2D eigenvalue weighted by Crippen LogP contribution is -2.45. The highest BCUT2D eigenvalue weighted by atomic mass is 32.2. The van der Waals surface area contributed by atoms with Crippen LogP contribution in [0.25, 0.3) is 0 Å². The zero-order chi connectivity index (χ0) is 11.0. The molecule has 3 heteroatoms. The van der Waals surface area contributed by atoms with E-state index in [0.29, 0.717) is 11.6 Å². The molecule has 0 unspecified atom stereocenters. The monoisotopic (exact) mass is 238 g/mol. The molecule has 0 atom stereocenters. The van der Waals surface area contributed by atoms with Gasteiger partial charge in [-0.15, -0.1) is 0 Å². The van der Waals surface area contributed by atoms with E-state index in [1.54, 1.807) is 0 Å². The average molecular weight is 238 g/mol. The molecule has 1 saturated heterocycles. The summed E-state index contributed by atoms with van der Waals surface area (Å²) in [5.74, 6) is 2.16. The molecule has 2 nitrogen and oxygen atoms in total. The van der Waals surface area contributed by atoms with Crippen LogP contribution in [-0.2, 0) is 0 Å². The number of nitrogens with one attached hydrogen (secondary N) is 1. The third kappa shape index (κ3) is 2.11. The maximum Gasteiger partial charge on any atom is 0.157 e. The predicted molar refractivity (Wildman–Crippen MR) is 71.0 cm³/mol. The molecule has 0 aromatic carbocycles. The maximum absolute atomic E-state index is 4.85. The minimum atomic E-state index is 0.428. The predicted octanol–water partition coefficient (Wildman–Crippen LogP) is 3.18. The molecule has 0 amide bonds. The first-order valence-electron chi connectivity index (χ1n) is 6.75. The Morgan fingerprint density at radius 1 is 1.25 bits per heavy atom. The molecule has 0 bridgehead atoms. The fourth-order valence-electron chi connectivity index (χ4n) is 3.20. The first kappa shape index (κ1) is 10.9. The van der Waals surface area contributed by atoms with Crippen LogP contribution in [0.2, 0.25) is 0 Å². The zero-order valence-electron chi connectivity index (χ0n) is 10.2. The Kier molecular flexibility index (Phi) is 2.90. The van der Waals surface area contributed by atoms with E-state index in [-0.39, 0.29) is 0 Å². The van der Waals surface area contributed by atoms with E-state index in [1.807, 2.05) is 11.8 Å². The van der Waals surface area contributed by atoms with Crippen LogP contribution in [0.1, 0.15) is 51.9 Å². The standard InChI is InChI=1S/C13H22N2S/c1-10-7-11(8-10)14-12-15-13(9-16-12)5-3-2-4-6-13/h10-11H,2-9H2,1H3,(H,14,15). The number of hydrogen-bond donors (Lipinski definition) is 1. The highest BCUT2D eigenvalue weighted by molar-refractivity contribution is 8.14.